The Kier molecular flexibility index (Phi) is 7.04. The lowest BCUT2D eigenvalue weighted by Crippen LogP contribution is -2.28. The molecule has 2 rings (SSSR count). The van der Waals surface area contributed by atoms with Gasteiger partial charge in [0.1, 0.15) is 0 Å². The molecule has 1 atom stereocenters. The number of benzene rings is 2. The SMILES string of the molecule is CC(NC(=O)c1cc(NC(=O)CCCl)ccc1N(C)C)c1ccccc1. The predicted molar refractivity (Wildman–Crippen MR) is 107 cm³/mol. The molecule has 0 spiro atoms. The minimum atomic E-state index is -0.196. The van der Waals surface area contributed by atoms with Gasteiger partial charge in [-0.2, -0.15) is 0 Å². The quantitative estimate of drug-likeness (QED) is 0.725. The third kappa shape index (κ3) is 5.23. The van der Waals surface area contributed by atoms with Gasteiger partial charge in [-0.1, -0.05) is 30.3 Å². The fourth-order valence-corrected chi connectivity index (χ4v) is 2.77. The van der Waals surface area contributed by atoms with Gasteiger partial charge >= 0.3 is 0 Å². The first-order chi connectivity index (χ1) is 12.4. The lowest BCUT2D eigenvalue weighted by atomic mass is 10.1. The zero-order valence-electron chi connectivity index (χ0n) is 15.3. The molecular weight excluding hydrogens is 350 g/mol. The van der Waals surface area contributed by atoms with Gasteiger partial charge in [0.05, 0.1) is 11.6 Å². The molecule has 0 fully saturated rings. The monoisotopic (exact) mass is 373 g/mol. The third-order valence-corrected chi connectivity index (χ3v) is 4.16. The average molecular weight is 374 g/mol. The molecule has 26 heavy (non-hydrogen) atoms. The minimum Gasteiger partial charge on any atom is -0.377 e. The number of rotatable bonds is 7. The van der Waals surface area contributed by atoms with Crippen LogP contribution in [-0.2, 0) is 4.79 Å². The summed E-state index contributed by atoms with van der Waals surface area (Å²) in [5.41, 5.74) is 2.88. The third-order valence-electron chi connectivity index (χ3n) is 3.98. The highest BCUT2D eigenvalue weighted by atomic mass is 35.5. The van der Waals surface area contributed by atoms with Crippen LogP contribution >= 0.6 is 11.6 Å². The molecule has 0 aromatic heterocycles. The predicted octanol–water partition coefficient (Wildman–Crippen LogP) is 3.81. The molecule has 6 heteroatoms. The fraction of sp³-hybridized carbons (Fsp3) is 0.300. The normalized spacial score (nSPS) is 11.5. The lowest BCUT2D eigenvalue weighted by Gasteiger charge is -2.20. The van der Waals surface area contributed by atoms with E-state index in [0.29, 0.717) is 11.3 Å². The largest absolute Gasteiger partial charge is 0.377 e. The van der Waals surface area contributed by atoms with E-state index in [0.717, 1.165) is 11.3 Å². The maximum absolute atomic E-state index is 12.8. The van der Waals surface area contributed by atoms with E-state index in [2.05, 4.69) is 10.6 Å². The second-order valence-corrected chi connectivity index (χ2v) is 6.60. The summed E-state index contributed by atoms with van der Waals surface area (Å²) in [5, 5.41) is 5.78. The van der Waals surface area contributed by atoms with Crippen molar-refractivity contribution in [1.29, 1.82) is 0 Å². The average Bonchev–Trinajstić information content (AvgIpc) is 2.62. The first-order valence-electron chi connectivity index (χ1n) is 8.45. The van der Waals surface area contributed by atoms with Crippen LogP contribution in [0.3, 0.4) is 0 Å². The first-order valence-corrected chi connectivity index (χ1v) is 8.99. The van der Waals surface area contributed by atoms with Crippen LogP contribution in [0.2, 0.25) is 0 Å². The first kappa shape index (κ1) is 19.8. The molecule has 0 heterocycles. The molecule has 0 bridgehead atoms. The van der Waals surface area contributed by atoms with Crippen LogP contribution in [0.1, 0.15) is 35.3 Å². The van der Waals surface area contributed by atoms with Gasteiger partial charge in [0.15, 0.2) is 0 Å². The molecule has 0 saturated heterocycles. The second kappa shape index (κ2) is 9.25. The van der Waals surface area contributed by atoms with Crippen LogP contribution in [0.15, 0.2) is 48.5 Å². The molecule has 138 valence electrons. The Morgan fingerprint density at radius 1 is 1.12 bits per heavy atom. The van der Waals surface area contributed by atoms with Crippen molar-refractivity contribution in [3.63, 3.8) is 0 Å². The van der Waals surface area contributed by atoms with Crippen molar-refractivity contribution in [3.05, 3.63) is 59.7 Å². The van der Waals surface area contributed by atoms with Crippen LogP contribution in [0.4, 0.5) is 11.4 Å². The summed E-state index contributed by atoms with van der Waals surface area (Å²) < 4.78 is 0. The highest BCUT2D eigenvalue weighted by molar-refractivity contribution is 6.19. The van der Waals surface area contributed by atoms with Crippen LogP contribution in [0.25, 0.3) is 0 Å². The molecule has 0 saturated carbocycles. The molecule has 0 aliphatic rings. The van der Waals surface area contributed by atoms with E-state index in [1.165, 1.54) is 0 Å². The van der Waals surface area contributed by atoms with Crippen molar-refractivity contribution >= 4 is 34.8 Å². The molecule has 5 nitrogen and oxygen atoms in total. The molecule has 2 aromatic rings. The van der Waals surface area contributed by atoms with Gasteiger partial charge in [-0.25, -0.2) is 0 Å². The molecule has 0 radical (unpaired) electrons. The van der Waals surface area contributed by atoms with E-state index in [-0.39, 0.29) is 30.2 Å². The van der Waals surface area contributed by atoms with Crippen molar-refractivity contribution in [2.24, 2.45) is 0 Å². The number of carbonyl (C=O) groups excluding carboxylic acids is 2. The van der Waals surface area contributed by atoms with Gasteiger partial charge in [-0.3, -0.25) is 9.59 Å². The highest BCUT2D eigenvalue weighted by Gasteiger charge is 2.17. The second-order valence-electron chi connectivity index (χ2n) is 6.22. The number of carbonyl (C=O) groups is 2. The zero-order valence-corrected chi connectivity index (χ0v) is 16.0. The van der Waals surface area contributed by atoms with Crippen LogP contribution in [0.5, 0.6) is 0 Å². The summed E-state index contributed by atoms with van der Waals surface area (Å²) >= 11 is 5.60. The Bertz CT molecular complexity index is 763. The number of nitrogens with one attached hydrogen (secondary N) is 2. The Morgan fingerprint density at radius 3 is 2.42 bits per heavy atom. The van der Waals surface area contributed by atoms with Crippen molar-refractivity contribution in [3.8, 4) is 0 Å². The number of nitrogens with zero attached hydrogens (tertiary/aromatic N) is 1. The van der Waals surface area contributed by atoms with Crippen molar-refractivity contribution in [2.75, 3.05) is 30.2 Å². The summed E-state index contributed by atoms with van der Waals surface area (Å²) in [7, 11) is 3.75. The highest BCUT2D eigenvalue weighted by Crippen LogP contribution is 2.24. The Morgan fingerprint density at radius 2 is 1.81 bits per heavy atom. The molecular formula is C20H24ClN3O2. The van der Waals surface area contributed by atoms with Gasteiger partial charge in [-0.15, -0.1) is 11.6 Å². The number of hydrogen-bond donors (Lipinski definition) is 2. The van der Waals surface area contributed by atoms with Gasteiger partial charge < -0.3 is 15.5 Å². The number of amides is 2. The summed E-state index contributed by atoms with van der Waals surface area (Å²) in [5.74, 6) is -0.121. The summed E-state index contributed by atoms with van der Waals surface area (Å²) in [4.78, 5) is 26.5. The maximum atomic E-state index is 12.8. The Labute approximate surface area is 159 Å². The smallest absolute Gasteiger partial charge is 0.253 e. The summed E-state index contributed by atoms with van der Waals surface area (Å²) in [6, 6.07) is 14.9. The topological polar surface area (TPSA) is 61.4 Å². The van der Waals surface area contributed by atoms with Crippen LogP contribution < -0.4 is 15.5 Å². The minimum absolute atomic E-state index is 0.131. The Hall–Kier alpha value is -2.53. The van der Waals surface area contributed by atoms with Gasteiger partial charge in [0.2, 0.25) is 5.91 Å². The van der Waals surface area contributed by atoms with Crippen LogP contribution in [-0.4, -0.2) is 31.8 Å². The molecule has 0 aliphatic heterocycles. The van der Waals surface area contributed by atoms with E-state index in [4.69, 9.17) is 11.6 Å². The van der Waals surface area contributed by atoms with Crippen molar-refractivity contribution in [2.45, 2.75) is 19.4 Å². The molecule has 0 aliphatic carbocycles. The molecule has 2 aromatic carbocycles. The van der Waals surface area contributed by atoms with E-state index >= 15 is 0 Å². The summed E-state index contributed by atoms with van der Waals surface area (Å²) in [6.45, 7) is 1.94. The number of anilines is 2. The number of halogens is 1. The van der Waals surface area contributed by atoms with Crippen molar-refractivity contribution in [1.82, 2.24) is 5.32 Å². The van der Waals surface area contributed by atoms with Gasteiger partial charge in [0.25, 0.3) is 5.91 Å². The lowest BCUT2D eigenvalue weighted by molar-refractivity contribution is -0.115. The van der Waals surface area contributed by atoms with Gasteiger partial charge in [0, 0.05) is 37.8 Å². The van der Waals surface area contributed by atoms with E-state index in [1.54, 1.807) is 12.1 Å². The number of hydrogen-bond acceptors (Lipinski definition) is 3. The van der Waals surface area contributed by atoms with Crippen LogP contribution in [0, 0.1) is 0 Å². The van der Waals surface area contributed by atoms with E-state index in [9.17, 15) is 9.59 Å². The van der Waals surface area contributed by atoms with E-state index in [1.807, 2.05) is 62.3 Å². The molecule has 2 N–H and O–H groups in total. The summed E-state index contributed by atoms with van der Waals surface area (Å²) in [6.07, 6.45) is 0.226. The molecule has 1 unspecified atom stereocenters. The van der Waals surface area contributed by atoms with E-state index < -0.39 is 0 Å². The standard InChI is InChI=1S/C20H24ClN3O2/c1-14(15-7-5-4-6-8-15)22-20(26)17-13-16(23-19(25)11-12-21)9-10-18(17)24(2)3/h4-10,13-14H,11-12H2,1-3H3,(H,22,26)(H,23,25). The maximum Gasteiger partial charge on any atom is 0.253 e. The molecule has 2 amide bonds. The number of alkyl halides is 1. The van der Waals surface area contributed by atoms with Crippen molar-refractivity contribution < 1.29 is 9.59 Å². The Balaban J connectivity index is 2.23. The van der Waals surface area contributed by atoms with Gasteiger partial charge in [-0.05, 0) is 30.7 Å². The zero-order chi connectivity index (χ0) is 19.1. The fourth-order valence-electron chi connectivity index (χ4n) is 2.59.